The Labute approximate surface area is 135 Å². The summed E-state index contributed by atoms with van der Waals surface area (Å²) >= 11 is 0. The van der Waals surface area contributed by atoms with Crippen LogP contribution in [0.5, 0.6) is 0 Å². The van der Waals surface area contributed by atoms with E-state index in [1.807, 2.05) is 18.2 Å². The van der Waals surface area contributed by atoms with Crippen molar-refractivity contribution in [3.8, 4) is 0 Å². The average molecular weight is 302 g/mol. The van der Waals surface area contributed by atoms with Gasteiger partial charge in [0.15, 0.2) is 11.6 Å². The Kier molecular flexibility index (Phi) is 2.30. The maximum atomic E-state index is 12.8. The van der Waals surface area contributed by atoms with Crippen LogP contribution in [0.3, 0.4) is 0 Å². The van der Waals surface area contributed by atoms with Gasteiger partial charge in [0.2, 0.25) is 0 Å². The van der Waals surface area contributed by atoms with E-state index in [9.17, 15) is 9.59 Å². The summed E-state index contributed by atoms with van der Waals surface area (Å²) in [7, 11) is 0. The Balaban J connectivity index is 1.85. The first-order chi connectivity index (χ1) is 11.1. The molecule has 0 radical (unpaired) electrons. The van der Waals surface area contributed by atoms with Crippen molar-refractivity contribution in [2.45, 2.75) is 25.2 Å². The van der Waals surface area contributed by atoms with Crippen molar-refractivity contribution < 1.29 is 9.59 Å². The number of allylic oxidation sites excluding steroid dienone is 6. The standard InChI is InChI=1S/C21H18O2/c1-20-12-21(13-6-3-2-4-7-13,15-9-5-8-14(15)20)19-17(23)11-10-16(22)18(19)20/h2-4,6-11,18-19H,5,12H2,1H3/t18-,19+,20-,21-/m0/s1. The summed E-state index contributed by atoms with van der Waals surface area (Å²) in [6.45, 7) is 2.19. The number of ketones is 2. The molecule has 2 fully saturated rings. The van der Waals surface area contributed by atoms with E-state index in [0.29, 0.717) is 0 Å². The summed E-state index contributed by atoms with van der Waals surface area (Å²) in [4.78, 5) is 25.5. The second-order valence-electron chi connectivity index (χ2n) is 7.50. The number of rotatable bonds is 1. The highest BCUT2D eigenvalue weighted by Crippen LogP contribution is 2.73. The highest BCUT2D eigenvalue weighted by molar-refractivity contribution is 6.10. The molecule has 0 aliphatic heterocycles. The number of hydrogen-bond donors (Lipinski definition) is 0. The second-order valence-corrected chi connectivity index (χ2v) is 7.50. The van der Waals surface area contributed by atoms with Gasteiger partial charge in [-0.25, -0.2) is 0 Å². The molecule has 0 saturated heterocycles. The van der Waals surface area contributed by atoms with Crippen molar-refractivity contribution in [2.75, 3.05) is 0 Å². The Hall–Kier alpha value is -2.22. The van der Waals surface area contributed by atoms with E-state index in [0.717, 1.165) is 12.8 Å². The monoisotopic (exact) mass is 302 g/mol. The molecular weight excluding hydrogens is 284 g/mol. The van der Waals surface area contributed by atoms with Gasteiger partial charge in [0.05, 0.1) is 0 Å². The maximum Gasteiger partial charge on any atom is 0.160 e. The molecule has 114 valence electrons. The first-order valence-corrected chi connectivity index (χ1v) is 8.32. The molecule has 2 heteroatoms. The fourth-order valence-corrected chi connectivity index (χ4v) is 5.88. The molecule has 4 atom stereocenters. The summed E-state index contributed by atoms with van der Waals surface area (Å²) in [5.74, 6) is -0.202. The molecule has 0 amide bonds. The number of carbonyl (C=O) groups excluding carboxylic acids is 2. The van der Waals surface area contributed by atoms with E-state index in [1.165, 1.54) is 28.9 Å². The fraction of sp³-hybridized carbons (Fsp3) is 0.333. The van der Waals surface area contributed by atoms with Crippen LogP contribution in [0.2, 0.25) is 0 Å². The molecule has 0 heterocycles. The largest absolute Gasteiger partial charge is 0.294 e. The van der Waals surface area contributed by atoms with Gasteiger partial charge in [0, 0.05) is 22.7 Å². The van der Waals surface area contributed by atoms with Gasteiger partial charge in [-0.3, -0.25) is 9.59 Å². The normalized spacial score (nSPS) is 40.0. The average Bonchev–Trinajstić information content (AvgIpc) is 3.20. The molecule has 0 aromatic heterocycles. The van der Waals surface area contributed by atoms with Gasteiger partial charge < -0.3 is 0 Å². The number of benzene rings is 1. The highest BCUT2D eigenvalue weighted by atomic mass is 16.1. The molecule has 4 aliphatic rings. The lowest BCUT2D eigenvalue weighted by Crippen LogP contribution is -2.47. The highest BCUT2D eigenvalue weighted by Gasteiger charge is 2.72. The summed E-state index contributed by atoms with van der Waals surface area (Å²) in [5.41, 5.74) is 3.29. The van der Waals surface area contributed by atoms with Gasteiger partial charge in [0.25, 0.3) is 0 Å². The third-order valence-electron chi connectivity index (χ3n) is 6.54. The van der Waals surface area contributed by atoms with Crippen molar-refractivity contribution in [1.29, 1.82) is 0 Å². The van der Waals surface area contributed by atoms with E-state index >= 15 is 0 Å². The Morgan fingerprint density at radius 1 is 0.913 bits per heavy atom. The first kappa shape index (κ1) is 13.2. The summed E-state index contributed by atoms with van der Waals surface area (Å²) in [6, 6.07) is 10.3. The third kappa shape index (κ3) is 1.32. The number of fused-ring (bicyclic) bond motifs is 8. The number of carbonyl (C=O) groups is 2. The molecular formula is C21H18O2. The minimum Gasteiger partial charge on any atom is -0.294 e. The lowest BCUT2D eigenvalue weighted by molar-refractivity contribution is -0.131. The van der Waals surface area contributed by atoms with Crippen molar-refractivity contribution in [3.63, 3.8) is 0 Å². The minimum atomic E-state index is -0.319. The molecule has 1 aromatic rings. The maximum absolute atomic E-state index is 12.8. The molecule has 5 rings (SSSR count). The topological polar surface area (TPSA) is 34.1 Å². The van der Waals surface area contributed by atoms with Crippen LogP contribution in [0, 0.1) is 17.3 Å². The van der Waals surface area contributed by atoms with Gasteiger partial charge >= 0.3 is 0 Å². The van der Waals surface area contributed by atoms with Crippen LogP contribution in [0.1, 0.15) is 25.3 Å². The molecule has 4 aliphatic carbocycles. The Morgan fingerprint density at radius 3 is 2.30 bits per heavy atom. The van der Waals surface area contributed by atoms with Crippen molar-refractivity contribution >= 4 is 11.6 Å². The van der Waals surface area contributed by atoms with Crippen molar-refractivity contribution in [3.05, 3.63) is 71.3 Å². The minimum absolute atomic E-state index is 0.119. The molecule has 0 unspecified atom stereocenters. The number of hydrogen-bond acceptors (Lipinski definition) is 2. The van der Waals surface area contributed by atoms with Crippen LogP contribution in [0.15, 0.2) is 65.8 Å². The predicted molar refractivity (Wildman–Crippen MR) is 87.8 cm³/mol. The van der Waals surface area contributed by atoms with E-state index in [4.69, 9.17) is 0 Å². The van der Waals surface area contributed by atoms with Crippen LogP contribution in [-0.2, 0) is 15.0 Å². The zero-order valence-corrected chi connectivity index (χ0v) is 13.1. The van der Waals surface area contributed by atoms with Crippen LogP contribution in [0.25, 0.3) is 0 Å². The lowest BCUT2D eigenvalue weighted by atomic mass is 9.57. The second kappa shape index (κ2) is 4.00. The van der Waals surface area contributed by atoms with Crippen LogP contribution in [-0.4, -0.2) is 11.6 Å². The van der Waals surface area contributed by atoms with Crippen LogP contribution < -0.4 is 0 Å². The van der Waals surface area contributed by atoms with Crippen molar-refractivity contribution in [1.82, 2.24) is 0 Å². The molecule has 23 heavy (non-hydrogen) atoms. The lowest BCUT2D eigenvalue weighted by Gasteiger charge is -2.43. The van der Waals surface area contributed by atoms with E-state index in [-0.39, 0.29) is 34.2 Å². The summed E-state index contributed by atoms with van der Waals surface area (Å²) in [5, 5.41) is 0. The fourth-order valence-electron chi connectivity index (χ4n) is 5.88. The smallest absolute Gasteiger partial charge is 0.160 e. The first-order valence-electron chi connectivity index (χ1n) is 8.32. The van der Waals surface area contributed by atoms with E-state index in [1.54, 1.807) is 0 Å². The predicted octanol–water partition coefficient (Wildman–Crippen LogP) is 3.54. The van der Waals surface area contributed by atoms with E-state index in [2.05, 4.69) is 31.2 Å². The SMILES string of the molecule is C[C@]12C[C@](c3ccccc3)(C3=CCC=C31)[C@@H]1C(=O)C=CC(=O)[C@@H]12. The summed E-state index contributed by atoms with van der Waals surface area (Å²) in [6.07, 6.45) is 9.36. The van der Waals surface area contributed by atoms with Gasteiger partial charge in [-0.2, -0.15) is 0 Å². The quantitative estimate of drug-likeness (QED) is 0.795. The van der Waals surface area contributed by atoms with Crippen LogP contribution in [0.4, 0.5) is 0 Å². The zero-order chi connectivity index (χ0) is 15.8. The molecule has 0 N–H and O–H groups in total. The van der Waals surface area contributed by atoms with Crippen LogP contribution >= 0.6 is 0 Å². The van der Waals surface area contributed by atoms with Gasteiger partial charge in [0.1, 0.15) is 0 Å². The molecule has 1 aromatic carbocycles. The van der Waals surface area contributed by atoms with Gasteiger partial charge in [-0.15, -0.1) is 0 Å². The molecule has 0 spiro atoms. The third-order valence-corrected chi connectivity index (χ3v) is 6.54. The van der Waals surface area contributed by atoms with Crippen molar-refractivity contribution in [2.24, 2.45) is 17.3 Å². The zero-order valence-electron chi connectivity index (χ0n) is 13.1. The van der Waals surface area contributed by atoms with Gasteiger partial charge in [-0.1, -0.05) is 49.4 Å². The molecule has 2 bridgehead atoms. The van der Waals surface area contributed by atoms with Gasteiger partial charge in [-0.05, 0) is 41.7 Å². The Bertz CT molecular complexity index is 842. The molecule has 2 saturated carbocycles. The van der Waals surface area contributed by atoms with E-state index < -0.39 is 0 Å². The summed E-state index contributed by atoms with van der Waals surface area (Å²) < 4.78 is 0. The molecule has 2 nitrogen and oxygen atoms in total. The Morgan fingerprint density at radius 2 is 1.57 bits per heavy atom.